The first-order chi connectivity index (χ1) is 40.0. The van der Waals surface area contributed by atoms with Gasteiger partial charge in [0.15, 0.2) is 6.10 Å². The van der Waals surface area contributed by atoms with E-state index in [0.717, 1.165) is 109 Å². The molecule has 0 saturated heterocycles. The van der Waals surface area contributed by atoms with E-state index in [-0.39, 0.29) is 37.5 Å². The molecule has 6 nitrogen and oxygen atoms in total. The van der Waals surface area contributed by atoms with Crippen LogP contribution in [0.15, 0.2) is 146 Å². The second-order valence-electron chi connectivity index (χ2n) is 21.6. The molecule has 0 rings (SSSR count). The maximum Gasteiger partial charge on any atom is 0.306 e. The average Bonchev–Trinajstić information content (AvgIpc) is 3.47. The van der Waals surface area contributed by atoms with E-state index in [2.05, 4.69) is 161 Å². The van der Waals surface area contributed by atoms with Gasteiger partial charge >= 0.3 is 17.9 Å². The van der Waals surface area contributed by atoms with Crippen LogP contribution in [-0.2, 0) is 28.6 Å². The van der Waals surface area contributed by atoms with Gasteiger partial charge < -0.3 is 14.2 Å². The number of ether oxygens (including phenoxy) is 3. The van der Waals surface area contributed by atoms with Crippen molar-refractivity contribution in [3.8, 4) is 0 Å². The van der Waals surface area contributed by atoms with Gasteiger partial charge in [-0.3, -0.25) is 14.4 Å². The van der Waals surface area contributed by atoms with E-state index in [1.165, 1.54) is 135 Å². The number of rotatable bonds is 59. The number of esters is 3. The molecule has 0 saturated carbocycles. The maximum absolute atomic E-state index is 12.9. The van der Waals surface area contributed by atoms with Crippen LogP contribution in [-0.4, -0.2) is 37.2 Å². The summed E-state index contributed by atoms with van der Waals surface area (Å²) in [6, 6.07) is 0. The summed E-state index contributed by atoms with van der Waals surface area (Å²) in [4.78, 5) is 38.4. The molecule has 0 aromatic rings. The van der Waals surface area contributed by atoms with Crippen LogP contribution in [0, 0.1) is 0 Å². The highest BCUT2D eigenvalue weighted by Gasteiger charge is 2.19. The van der Waals surface area contributed by atoms with Crippen LogP contribution in [0.5, 0.6) is 0 Å². The van der Waals surface area contributed by atoms with Gasteiger partial charge in [0.25, 0.3) is 0 Å². The van der Waals surface area contributed by atoms with Crippen LogP contribution < -0.4 is 0 Å². The molecular formula is C75H122O6. The summed E-state index contributed by atoms with van der Waals surface area (Å²) in [7, 11) is 0. The summed E-state index contributed by atoms with van der Waals surface area (Å²) in [5.74, 6) is -1.00. The van der Waals surface area contributed by atoms with Crippen LogP contribution in [0.25, 0.3) is 0 Å². The highest BCUT2D eigenvalue weighted by atomic mass is 16.6. The Morgan fingerprint density at radius 1 is 0.259 bits per heavy atom. The topological polar surface area (TPSA) is 78.9 Å². The van der Waals surface area contributed by atoms with Crippen molar-refractivity contribution in [2.24, 2.45) is 0 Å². The van der Waals surface area contributed by atoms with Gasteiger partial charge in [-0.05, 0) is 128 Å². The highest BCUT2D eigenvalue weighted by molar-refractivity contribution is 5.71. The summed E-state index contributed by atoms with van der Waals surface area (Å²) >= 11 is 0. The molecule has 81 heavy (non-hydrogen) atoms. The van der Waals surface area contributed by atoms with E-state index in [4.69, 9.17) is 14.2 Å². The minimum absolute atomic E-state index is 0.110. The van der Waals surface area contributed by atoms with Gasteiger partial charge in [0.05, 0.1) is 0 Å². The summed E-state index contributed by atoms with van der Waals surface area (Å²) in [6.07, 6.45) is 97.2. The van der Waals surface area contributed by atoms with E-state index >= 15 is 0 Å². The molecule has 0 amide bonds. The Kier molecular flexibility index (Phi) is 63.9. The third-order valence-corrected chi connectivity index (χ3v) is 13.8. The van der Waals surface area contributed by atoms with Crippen LogP contribution in [0.1, 0.15) is 290 Å². The lowest BCUT2D eigenvalue weighted by molar-refractivity contribution is -0.166. The summed E-state index contributed by atoms with van der Waals surface area (Å²) in [5, 5.41) is 0. The van der Waals surface area contributed by atoms with Crippen molar-refractivity contribution in [2.75, 3.05) is 13.2 Å². The largest absolute Gasteiger partial charge is 0.462 e. The first kappa shape index (κ1) is 76.3. The van der Waals surface area contributed by atoms with Gasteiger partial charge in [0.2, 0.25) is 0 Å². The quantitative estimate of drug-likeness (QED) is 0.0261. The summed E-state index contributed by atoms with van der Waals surface area (Å²) in [6.45, 7) is 6.35. The molecule has 0 aliphatic heterocycles. The first-order valence-electron chi connectivity index (χ1n) is 33.3. The Labute approximate surface area is 499 Å². The van der Waals surface area contributed by atoms with Crippen molar-refractivity contribution in [1.82, 2.24) is 0 Å². The van der Waals surface area contributed by atoms with E-state index < -0.39 is 6.10 Å². The predicted molar refractivity (Wildman–Crippen MR) is 352 cm³/mol. The molecule has 0 aromatic carbocycles. The predicted octanol–water partition coefficient (Wildman–Crippen LogP) is 23.1. The van der Waals surface area contributed by atoms with E-state index in [9.17, 15) is 14.4 Å². The second kappa shape index (κ2) is 67.8. The molecule has 0 N–H and O–H groups in total. The van der Waals surface area contributed by atoms with Crippen LogP contribution in [0.4, 0.5) is 0 Å². The molecule has 0 radical (unpaired) electrons. The molecule has 0 heterocycles. The number of carbonyl (C=O) groups is 3. The fraction of sp³-hybridized carbons (Fsp3) is 0.640. The number of carbonyl (C=O) groups excluding carboxylic acids is 3. The Balaban J connectivity index is 4.50. The van der Waals surface area contributed by atoms with E-state index in [1.54, 1.807) is 0 Å². The van der Waals surface area contributed by atoms with Crippen molar-refractivity contribution >= 4 is 17.9 Å². The Morgan fingerprint density at radius 2 is 0.506 bits per heavy atom. The maximum atomic E-state index is 12.9. The number of allylic oxidation sites excluding steroid dienone is 24. The normalized spacial score (nSPS) is 13.1. The van der Waals surface area contributed by atoms with Crippen LogP contribution in [0.2, 0.25) is 0 Å². The van der Waals surface area contributed by atoms with Gasteiger partial charge in [-0.2, -0.15) is 0 Å². The van der Waals surface area contributed by atoms with Gasteiger partial charge in [0, 0.05) is 19.3 Å². The first-order valence-corrected chi connectivity index (χ1v) is 33.3. The lowest BCUT2D eigenvalue weighted by Crippen LogP contribution is -2.30. The van der Waals surface area contributed by atoms with Crippen LogP contribution in [0.3, 0.4) is 0 Å². The third kappa shape index (κ3) is 66.0. The van der Waals surface area contributed by atoms with Gasteiger partial charge in [-0.1, -0.05) is 289 Å². The molecule has 0 fully saturated rings. The highest BCUT2D eigenvalue weighted by Crippen LogP contribution is 2.15. The van der Waals surface area contributed by atoms with Crippen molar-refractivity contribution in [3.63, 3.8) is 0 Å². The second-order valence-corrected chi connectivity index (χ2v) is 21.6. The van der Waals surface area contributed by atoms with Gasteiger partial charge in [-0.15, -0.1) is 0 Å². The van der Waals surface area contributed by atoms with Crippen LogP contribution >= 0.6 is 0 Å². The molecule has 458 valence electrons. The zero-order chi connectivity index (χ0) is 58.5. The molecule has 6 heteroatoms. The molecule has 0 aromatic heterocycles. The smallest absolute Gasteiger partial charge is 0.306 e. The number of hydrogen-bond donors (Lipinski definition) is 0. The lowest BCUT2D eigenvalue weighted by atomic mass is 10.1. The van der Waals surface area contributed by atoms with Crippen molar-refractivity contribution < 1.29 is 28.6 Å². The van der Waals surface area contributed by atoms with Crippen molar-refractivity contribution in [1.29, 1.82) is 0 Å². The fourth-order valence-electron chi connectivity index (χ4n) is 8.90. The fourth-order valence-corrected chi connectivity index (χ4v) is 8.90. The molecule has 1 atom stereocenters. The molecule has 0 aliphatic carbocycles. The number of unbranched alkanes of at least 4 members (excludes halogenated alkanes) is 24. The van der Waals surface area contributed by atoms with E-state index in [1.807, 2.05) is 6.08 Å². The molecule has 0 aliphatic rings. The molecule has 0 spiro atoms. The standard InChI is InChI=1S/C75H122O6/c1-4-7-10-13-16-19-22-25-28-31-34-36-37-39-41-44-47-50-53-56-59-62-65-68-74(77)80-71-72(70-79-73(76)67-64-61-58-55-52-49-46-43-40-33-30-27-24-21-18-15-12-9-6-3)81-75(78)69-66-63-60-57-54-51-48-45-42-38-35-32-29-26-23-20-17-14-11-8-5-2/h7,9-10,12,16,18-19,21,23,25-28,30,32,34-36,40,43,49,52,58,61,72H,4-6,8,11,13-15,17,20,22,24,29,31,33,37-39,41-42,44-48,50-51,53-57,59-60,62-71H2,1-3H3/b10-7-,12-9-,19-16-,21-18-,26-23-,28-25-,30-27-,35-32-,36-34-,43-40-,52-49-,61-58-. The minimum atomic E-state index is -0.821. The minimum Gasteiger partial charge on any atom is -0.462 e. The SMILES string of the molecule is CC/C=C\C/C=C\C/C=C\C/C=C\C/C=C\C/C=C\CCC(=O)OCC(COC(=O)CCCCCCCCCCCC/C=C\C/C=C\C/C=C\C/C=C\CC)OC(=O)CCCCCCCCCCC/C=C\C/C=C\CCCCCCC. The van der Waals surface area contributed by atoms with Crippen molar-refractivity contribution in [2.45, 2.75) is 297 Å². The van der Waals surface area contributed by atoms with E-state index in [0.29, 0.717) is 19.3 Å². The average molecular weight is 1120 g/mol. The molecule has 0 bridgehead atoms. The third-order valence-electron chi connectivity index (χ3n) is 13.8. The Bertz CT molecular complexity index is 1760. The van der Waals surface area contributed by atoms with Gasteiger partial charge in [0.1, 0.15) is 13.2 Å². The summed E-state index contributed by atoms with van der Waals surface area (Å²) < 4.78 is 16.9. The monoisotopic (exact) mass is 1120 g/mol. The zero-order valence-electron chi connectivity index (χ0n) is 52.5. The molecular weight excluding hydrogens is 997 g/mol. The zero-order valence-corrected chi connectivity index (χ0v) is 52.5. The Hall–Kier alpha value is -4.71. The molecule has 1 unspecified atom stereocenters. The summed E-state index contributed by atoms with van der Waals surface area (Å²) in [5.41, 5.74) is 0. The number of hydrogen-bond acceptors (Lipinski definition) is 6. The lowest BCUT2D eigenvalue weighted by Gasteiger charge is -2.18. The Morgan fingerprint density at radius 3 is 0.827 bits per heavy atom. The van der Waals surface area contributed by atoms with Gasteiger partial charge in [-0.25, -0.2) is 0 Å². The van der Waals surface area contributed by atoms with Crippen molar-refractivity contribution in [3.05, 3.63) is 146 Å².